The molecule has 0 radical (unpaired) electrons. The lowest BCUT2D eigenvalue weighted by Gasteiger charge is -2.50. The molecule has 2 aliphatic rings. The molecular weight excluding hydrogens is 346 g/mol. The summed E-state index contributed by atoms with van der Waals surface area (Å²) in [6, 6.07) is 0. The molecule has 144 valence electrons. The van der Waals surface area contributed by atoms with Crippen LogP contribution in [0.4, 0.5) is 5.95 Å². The molecular formula is C19H25N5O3. The minimum Gasteiger partial charge on any atom is -0.371 e. The fourth-order valence-electron chi connectivity index (χ4n) is 4.07. The van der Waals surface area contributed by atoms with Gasteiger partial charge >= 0.3 is 0 Å². The Morgan fingerprint density at radius 3 is 2.70 bits per heavy atom. The molecule has 8 heteroatoms. The smallest absolute Gasteiger partial charge is 0.259 e. The van der Waals surface area contributed by atoms with Crippen molar-refractivity contribution in [1.29, 1.82) is 0 Å². The zero-order chi connectivity index (χ0) is 19.0. The third kappa shape index (κ3) is 3.29. The Balaban J connectivity index is 1.33. The monoisotopic (exact) mass is 371 g/mol. The van der Waals surface area contributed by atoms with Gasteiger partial charge < -0.3 is 19.5 Å². The van der Waals surface area contributed by atoms with E-state index in [1.807, 2.05) is 11.8 Å². The van der Waals surface area contributed by atoms with E-state index in [1.165, 1.54) is 0 Å². The highest BCUT2D eigenvalue weighted by Crippen LogP contribution is 2.42. The summed E-state index contributed by atoms with van der Waals surface area (Å²) in [5.41, 5.74) is 2.05. The van der Waals surface area contributed by atoms with Gasteiger partial charge in [0.1, 0.15) is 16.9 Å². The van der Waals surface area contributed by atoms with Crippen LogP contribution in [0.3, 0.4) is 0 Å². The van der Waals surface area contributed by atoms with E-state index >= 15 is 0 Å². The molecule has 2 aromatic rings. The Morgan fingerprint density at radius 1 is 1.30 bits per heavy atom. The van der Waals surface area contributed by atoms with Crippen molar-refractivity contribution in [3.8, 4) is 0 Å². The third-order valence-corrected chi connectivity index (χ3v) is 5.61. The molecule has 2 fully saturated rings. The number of aromatic nitrogens is 3. The Bertz CT molecular complexity index is 807. The van der Waals surface area contributed by atoms with E-state index < -0.39 is 0 Å². The number of likely N-dealkylation sites (tertiary alicyclic amines) is 1. The molecule has 0 aliphatic carbocycles. The first-order chi connectivity index (χ1) is 13.0. The van der Waals surface area contributed by atoms with E-state index in [9.17, 15) is 4.79 Å². The highest BCUT2D eigenvalue weighted by Gasteiger charge is 2.54. The van der Waals surface area contributed by atoms with Gasteiger partial charge in [-0.15, -0.1) is 0 Å². The van der Waals surface area contributed by atoms with Gasteiger partial charge in [-0.25, -0.2) is 9.97 Å². The lowest BCUT2D eigenvalue weighted by Crippen LogP contribution is -2.66. The average Bonchev–Trinajstić information content (AvgIpc) is 3.18. The lowest BCUT2D eigenvalue weighted by molar-refractivity contribution is -0.117. The predicted octanol–water partition coefficient (Wildman–Crippen LogP) is 2.12. The summed E-state index contributed by atoms with van der Waals surface area (Å²) in [5.74, 6) is 1.63. The van der Waals surface area contributed by atoms with Gasteiger partial charge in [-0.1, -0.05) is 5.16 Å². The van der Waals surface area contributed by atoms with Crippen molar-refractivity contribution >= 4 is 11.9 Å². The van der Waals surface area contributed by atoms with Gasteiger partial charge in [0.25, 0.3) is 5.91 Å². The van der Waals surface area contributed by atoms with E-state index in [0.29, 0.717) is 42.0 Å². The van der Waals surface area contributed by atoms with Gasteiger partial charge in [-0.2, -0.15) is 0 Å². The maximum atomic E-state index is 12.7. The standard InChI is InChI=1S/C19H25N5O3/c1-12-8-21-18(22-9-12)20-6-4-15-5-7-26-19(15)10-24(11-19)17(25)16-13(2)23-27-14(16)3/h8-9,15H,4-7,10-11H2,1-3H3,(H,20,21,22). The second kappa shape index (κ2) is 6.92. The van der Waals surface area contributed by atoms with Crippen molar-refractivity contribution in [3.63, 3.8) is 0 Å². The van der Waals surface area contributed by atoms with Crippen LogP contribution in [0, 0.1) is 26.7 Å². The van der Waals surface area contributed by atoms with E-state index in [-0.39, 0.29) is 11.5 Å². The second-order valence-electron chi connectivity index (χ2n) is 7.56. The van der Waals surface area contributed by atoms with Crippen molar-refractivity contribution < 1.29 is 14.1 Å². The summed E-state index contributed by atoms with van der Waals surface area (Å²) in [7, 11) is 0. The molecule has 1 amide bonds. The largest absolute Gasteiger partial charge is 0.371 e. The summed E-state index contributed by atoms with van der Waals surface area (Å²) in [6.07, 6.45) is 5.59. The first-order valence-corrected chi connectivity index (χ1v) is 9.37. The number of ether oxygens (including phenoxy) is 1. The fourth-order valence-corrected chi connectivity index (χ4v) is 4.07. The molecule has 0 bridgehead atoms. The summed E-state index contributed by atoms with van der Waals surface area (Å²) in [4.78, 5) is 23.1. The third-order valence-electron chi connectivity index (χ3n) is 5.61. The van der Waals surface area contributed by atoms with Crippen LogP contribution in [0.25, 0.3) is 0 Å². The molecule has 2 saturated heterocycles. The number of carbonyl (C=O) groups is 1. The van der Waals surface area contributed by atoms with E-state index in [0.717, 1.165) is 31.6 Å². The molecule has 1 atom stereocenters. The molecule has 0 saturated carbocycles. The van der Waals surface area contributed by atoms with Crippen LogP contribution in [-0.2, 0) is 4.74 Å². The zero-order valence-electron chi connectivity index (χ0n) is 16.0. The highest BCUT2D eigenvalue weighted by atomic mass is 16.5. The van der Waals surface area contributed by atoms with Crippen LogP contribution in [0.15, 0.2) is 16.9 Å². The normalized spacial score (nSPS) is 20.7. The number of anilines is 1. The van der Waals surface area contributed by atoms with Gasteiger partial charge in [0, 0.05) is 25.5 Å². The maximum absolute atomic E-state index is 12.7. The van der Waals surface area contributed by atoms with Crippen LogP contribution in [0.2, 0.25) is 0 Å². The number of amides is 1. The first-order valence-electron chi connectivity index (χ1n) is 9.37. The molecule has 4 heterocycles. The van der Waals surface area contributed by atoms with E-state index in [2.05, 4.69) is 20.4 Å². The molecule has 1 unspecified atom stereocenters. The summed E-state index contributed by atoms with van der Waals surface area (Å²) in [6.45, 7) is 8.33. The number of carbonyl (C=O) groups excluding carboxylic acids is 1. The number of hydrogen-bond acceptors (Lipinski definition) is 7. The Kier molecular flexibility index (Phi) is 4.59. The van der Waals surface area contributed by atoms with Crippen LogP contribution in [0.5, 0.6) is 0 Å². The number of nitrogens with one attached hydrogen (secondary N) is 1. The molecule has 1 N–H and O–H groups in total. The highest BCUT2D eigenvalue weighted by molar-refractivity contribution is 5.96. The van der Waals surface area contributed by atoms with Crippen molar-refractivity contribution in [1.82, 2.24) is 20.0 Å². The van der Waals surface area contributed by atoms with Crippen LogP contribution in [0.1, 0.15) is 40.2 Å². The predicted molar refractivity (Wildman–Crippen MR) is 98.5 cm³/mol. The first kappa shape index (κ1) is 17.9. The molecule has 27 heavy (non-hydrogen) atoms. The molecule has 0 aromatic carbocycles. The van der Waals surface area contributed by atoms with Gasteiger partial charge in [0.15, 0.2) is 0 Å². The average molecular weight is 371 g/mol. The Morgan fingerprint density at radius 2 is 2.04 bits per heavy atom. The summed E-state index contributed by atoms with van der Waals surface area (Å²) < 4.78 is 11.2. The SMILES string of the molecule is Cc1cnc(NCCC2CCOC23CN(C(=O)c2c(C)noc2C)C3)nc1. The quantitative estimate of drug-likeness (QED) is 0.860. The van der Waals surface area contributed by atoms with Crippen molar-refractivity contribution in [2.75, 3.05) is 31.6 Å². The van der Waals surface area contributed by atoms with Crippen molar-refractivity contribution in [3.05, 3.63) is 35.0 Å². The van der Waals surface area contributed by atoms with Gasteiger partial charge in [0.2, 0.25) is 5.95 Å². The van der Waals surface area contributed by atoms with Crippen molar-refractivity contribution in [2.24, 2.45) is 5.92 Å². The van der Waals surface area contributed by atoms with Crippen LogP contribution >= 0.6 is 0 Å². The number of rotatable bonds is 5. The van der Waals surface area contributed by atoms with Crippen LogP contribution < -0.4 is 5.32 Å². The molecule has 4 rings (SSSR count). The van der Waals surface area contributed by atoms with E-state index in [1.54, 1.807) is 26.2 Å². The van der Waals surface area contributed by atoms with Gasteiger partial charge in [0.05, 0.1) is 18.8 Å². The van der Waals surface area contributed by atoms with Gasteiger partial charge in [-0.3, -0.25) is 4.79 Å². The lowest BCUT2D eigenvalue weighted by atomic mass is 9.78. The number of nitrogens with zero attached hydrogens (tertiary/aromatic N) is 4. The Labute approximate surface area is 158 Å². The zero-order valence-corrected chi connectivity index (χ0v) is 16.0. The van der Waals surface area contributed by atoms with Crippen LogP contribution in [-0.4, -0.2) is 57.8 Å². The topological polar surface area (TPSA) is 93.4 Å². The minimum absolute atomic E-state index is 0.0164. The number of hydrogen-bond donors (Lipinski definition) is 1. The maximum Gasteiger partial charge on any atom is 0.259 e. The summed E-state index contributed by atoms with van der Waals surface area (Å²) >= 11 is 0. The van der Waals surface area contributed by atoms with Crippen molar-refractivity contribution in [2.45, 2.75) is 39.2 Å². The summed E-state index contributed by atoms with van der Waals surface area (Å²) in [5, 5.41) is 7.16. The van der Waals surface area contributed by atoms with E-state index in [4.69, 9.17) is 9.26 Å². The Hall–Kier alpha value is -2.48. The molecule has 2 aromatic heterocycles. The molecule has 2 aliphatic heterocycles. The number of aryl methyl sites for hydroxylation is 3. The molecule has 1 spiro atoms. The van der Waals surface area contributed by atoms with Gasteiger partial charge in [-0.05, 0) is 45.1 Å². The minimum atomic E-state index is -0.218. The molecule has 8 nitrogen and oxygen atoms in total. The fraction of sp³-hybridized carbons (Fsp3) is 0.579. The second-order valence-corrected chi connectivity index (χ2v) is 7.56.